The van der Waals surface area contributed by atoms with Crippen LogP contribution >= 0.6 is 0 Å². The minimum absolute atomic E-state index is 0.0218. The van der Waals surface area contributed by atoms with Gasteiger partial charge in [0.15, 0.2) is 0 Å². The third-order valence-electron chi connectivity index (χ3n) is 3.16. The van der Waals surface area contributed by atoms with Crippen molar-refractivity contribution in [3.8, 4) is 0 Å². The summed E-state index contributed by atoms with van der Waals surface area (Å²) in [6.07, 6.45) is 2.35. The highest BCUT2D eigenvalue weighted by Crippen LogP contribution is 2.05. The van der Waals surface area contributed by atoms with Crippen molar-refractivity contribution in [1.29, 1.82) is 0 Å². The molecule has 98 valence electrons. The molecule has 1 aliphatic heterocycles. The summed E-state index contributed by atoms with van der Waals surface area (Å²) < 4.78 is 0. The van der Waals surface area contributed by atoms with Gasteiger partial charge in [-0.1, -0.05) is 13.3 Å². The van der Waals surface area contributed by atoms with Gasteiger partial charge >= 0.3 is 0 Å². The Morgan fingerprint density at radius 1 is 1.59 bits per heavy atom. The summed E-state index contributed by atoms with van der Waals surface area (Å²) in [5, 5.41) is 3.10. The second-order valence-electron chi connectivity index (χ2n) is 4.64. The molecule has 0 aromatic rings. The van der Waals surface area contributed by atoms with Crippen LogP contribution in [0, 0.1) is 0 Å². The lowest BCUT2D eigenvalue weighted by atomic mass is 10.1. The Balaban J connectivity index is 2.41. The van der Waals surface area contributed by atoms with Gasteiger partial charge in [-0.05, 0) is 6.42 Å². The molecule has 1 saturated heterocycles. The summed E-state index contributed by atoms with van der Waals surface area (Å²) >= 11 is 0. The van der Waals surface area contributed by atoms with E-state index in [1.807, 2.05) is 0 Å². The van der Waals surface area contributed by atoms with Gasteiger partial charge in [-0.3, -0.25) is 9.59 Å². The fourth-order valence-corrected chi connectivity index (χ4v) is 1.88. The Kier molecular flexibility index (Phi) is 5.41. The molecule has 0 aromatic heterocycles. The van der Waals surface area contributed by atoms with E-state index in [0.29, 0.717) is 0 Å². The molecule has 0 spiro atoms. The number of hydrogen-bond acceptors (Lipinski definition) is 3. The first kappa shape index (κ1) is 14.0. The molecule has 5 nitrogen and oxygen atoms in total. The number of rotatable bonds is 5. The molecule has 1 N–H and O–H groups in total. The number of amides is 2. The maximum atomic E-state index is 11.9. The predicted molar refractivity (Wildman–Crippen MR) is 66.6 cm³/mol. The van der Waals surface area contributed by atoms with Crippen LogP contribution < -0.4 is 5.32 Å². The summed E-state index contributed by atoms with van der Waals surface area (Å²) in [5.41, 5.74) is 0. The number of likely N-dealkylation sites (N-methyl/N-ethyl adjacent to an activating group) is 1. The zero-order chi connectivity index (χ0) is 12.8. The highest BCUT2D eigenvalue weighted by atomic mass is 16.2. The number of piperazine rings is 1. The van der Waals surface area contributed by atoms with E-state index in [1.54, 1.807) is 23.9 Å². The van der Waals surface area contributed by atoms with Gasteiger partial charge in [0, 0.05) is 33.7 Å². The van der Waals surface area contributed by atoms with Gasteiger partial charge in [-0.2, -0.15) is 0 Å². The highest BCUT2D eigenvalue weighted by molar-refractivity contribution is 5.88. The van der Waals surface area contributed by atoms with Crippen LogP contribution in [-0.2, 0) is 9.59 Å². The van der Waals surface area contributed by atoms with Crippen LogP contribution in [0.15, 0.2) is 0 Å². The highest BCUT2D eigenvalue weighted by Gasteiger charge is 2.28. The van der Waals surface area contributed by atoms with Crippen LogP contribution in [0.3, 0.4) is 0 Å². The average molecular weight is 241 g/mol. The molecule has 5 heteroatoms. The zero-order valence-corrected chi connectivity index (χ0v) is 11.0. The third-order valence-corrected chi connectivity index (χ3v) is 3.16. The van der Waals surface area contributed by atoms with E-state index in [1.165, 1.54) is 0 Å². The first-order valence-corrected chi connectivity index (χ1v) is 6.28. The molecule has 0 saturated carbocycles. The second kappa shape index (κ2) is 6.59. The molecule has 0 radical (unpaired) electrons. The van der Waals surface area contributed by atoms with Gasteiger partial charge in [0.1, 0.15) is 0 Å². The molecular formula is C12H23N3O2. The zero-order valence-electron chi connectivity index (χ0n) is 11.0. The molecule has 1 rings (SSSR count). The molecular weight excluding hydrogens is 218 g/mol. The Bertz CT molecular complexity index is 281. The van der Waals surface area contributed by atoms with Crippen molar-refractivity contribution in [2.75, 3.05) is 33.7 Å². The van der Waals surface area contributed by atoms with E-state index in [-0.39, 0.29) is 24.3 Å². The molecule has 1 atom stereocenters. The van der Waals surface area contributed by atoms with Crippen molar-refractivity contribution in [1.82, 2.24) is 15.1 Å². The summed E-state index contributed by atoms with van der Waals surface area (Å²) in [4.78, 5) is 27.1. The SMILES string of the molecule is CCCCN(C)C(=O)CC1NCCN(C)C1=O. The van der Waals surface area contributed by atoms with Crippen LogP contribution in [0.25, 0.3) is 0 Å². The maximum absolute atomic E-state index is 11.9. The number of unbranched alkanes of at least 4 members (excludes halogenated alkanes) is 1. The van der Waals surface area contributed by atoms with Gasteiger partial charge in [-0.25, -0.2) is 0 Å². The standard InChI is InChI=1S/C12H23N3O2/c1-4-5-7-14(2)11(16)9-10-12(17)15(3)8-6-13-10/h10,13H,4-9H2,1-3H3. The minimum atomic E-state index is -0.342. The Hall–Kier alpha value is -1.10. The average Bonchev–Trinajstić information content (AvgIpc) is 2.31. The topological polar surface area (TPSA) is 52.7 Å². The number of nitrogens with one attached hydrogen (secondary N) is 1. The molecule has 0 bridgehead atoms. The van der Waals surface area contributed by atoms with E-state index in [2.05, 4.69) is 12.2 Å². The normalized spacial score (nSPS) is 20.5. The minimum Gasteiger partial charge on any atom is -0.346 e. The quantitative estimate of drug-likeness (QED) is 0.741. The van der Waals surface area contributed by atoms with Crippen LogP contribution in [-0.4, -0.2) is 61.4 Å². The Labute approximate surface area is 103 Å². The Morgan fingerprint density at radius 3 is 2.94 bits per heavy atom. The number of nitrogens with zero attached hydrogens (tertiary/aromatic N) is 2. The van der Waals surface area contributed by atoms with Crippen molar-refractivity contribution in [2.45, 2.75) is 32.2 Å². The van der Waals surface area contributed by atoms with Crippen LogP contribution in [0.1, 0.15) is 26.2 Å². The van der Waals surface area contributed by atoms with Gasteiger partial charge in [-0.15, -0.1) is 0 Å². The van der Waals surface area contributed by atoms with Crippen molar-refractivity contribution >= 4 is 11.8 Å². The monoisotopic (exact) mass is 241 g/mol. The summed E-state index contributed by atoms with van der Waals surface area (Å²) in [5.74, 6) is 0.0630. The molecule has 0 aromatic carbocycles. The molecule has 17 heavy (non-hydrogen) atoms. The first-order chi connectivity index (χ1) is 8.06. The van der Waals surface area contributed by atoms with Crippen molar-refractivity contribution in [3.63, 3.8) is 0 Å². The lowest BCUT2D eigenvalue weighted by Gasteiger charge is -2.30. The molecule has 1 fully saturated rings. The smallest absolute Gasteiger partial charge is 0.240 e. The van der Waals surface area contributed by atoms with Crippen LogP contribution in [0.5, 0.6) is 0 Å². The lowest BCUT2D eigenvalue weighted by molar-refractivity contribution is -0.139. The summed E-state index contributed by atoms with van der Waals surface area (Å²) in [6.45, 7) is 4.35. The lowest BCUT2D eigenvalue weighted by Crippen LogP contribution is -2.54. The van der Waals surface area contributed by atoms with Crippen LogP contribution in [0.4, 0.5) is 0 Å². The first-order valence-electron chi connectivity index (χ1n) is 6.28. The number of hydrogen-bond donors (Lipinski definition) is 1. The van der Waals surface area contributed by atoms with E-state index in [9.17, 15) is 9.59 Å². The van der Waals surface area contributed by atoms with Crippen molar-refractivity contribution in [2.24, 2.45) is 0 Å². The molecule has 1 heterocycles. The Morgan fingerprint density at radius 2 is 2.29 bits per heavy atom. The van der Waals surface area contributed by atoms with E-state index in [4.69, 9.17) is 0 Å². The number of carbonyl (C=O) groups excluding carboxylic acids is 2. The molecule has 0 aliphatic carbocycles. The van der Waals surface area contributed by atoms with Crippen molar-refractivity contribution < 1.29 is 9.59 Å². The van der Waals surface area contributed by atoms with Gasteiger partial charge in [0.2, 0.25) is 11.8 Å². The van der Waals surface area contributed by atoms with Gasteiger partial charge in [0.05, 0.1) is 12.5 Å². The summed E-state index contributed by atoms with van der Waals surface area (Å²) in [6, 6.07) is -0.342. The van der Waals surface area contributed by atoms with Gasteiger partial charge < -0.3 is 15.1 Å². The maximum Gasteiger partial charge on any atom is 0.240 e. The number of carbonyl (C=O) groups is 2. The van der Waals surface area contributed by atoms with Gasteiger partial charge in [0.25, 0.3) is 0 Å². The fourth-order valence-electron chi connectivity index (χ4n) is 1.88. The van der Waals surface area contributed by atoms with E-state index >= 15 is 0 Å². The summed E-state index contributed by atoms with van der Waals surface area (Å²) in [7, 11) is 3.58. The largest absolute Gasteiger partial charge is 0.346 e. The predicted octanol–water partition coefficient (Wildman–Crippen LogP) is 0.0652. The fraction of sp³-hybridized carbons (Fsp3) is 0.833. The van der Waals surface area contributed by atoms with E-state index in [0.717, 1.165) is 32.5 Å². The second-order valence-corrected chi connectivity index (χ2v) is 4.64. The molecule has 2 amide bonds. The molecule has 1 aliphatic rings. The van der Waals surface area contributed by atoms with E-state index < -0.39 is 0 Å². The molecule has 1 unspecified atom stereocenters. The van der Waals surface area contributed by atoms with Crippen molar-refractivity contribution in [3.05, 3.63) is 0 Å². The third kappa shape index (κ3) is 4.00. The van der Waals surface area contributed by atoms with Crippen LogP contribution in [0.2, 0.25) is 0 Å².